The number of piperidine rings is 1. The maximum Gasteiger partial charge on any atom is 0.356 e. The smallest absolute Gasteiger partial charge is 0.356 e. The van der Waals surface area contributed by atoms with Crippen LogP contribution in [0, 0.1) is 17.1 Å². The molecule has 3 aromatic heterocycles. The van der Waals surface area contributed by atoms with Gasteiger partial charge in [0, 0.05) is 25.8 Å². The fraction of sp³-hybridized carbons (Fsp3) is 0.387. The average molecular weight is 589 g/mol. The molecule has 0 saturated carbocycles. The van der Waals surface area contributed by atoms with Crippen LogP contribution in [0.2, 0.25) is 0 Å². The molecule has 0 aliphatic carbocycles. The first-order valence-corrected chi connectivity index (χ1v) is 14.0. The molecule has 1 aromatic carbocycles. The summed E-state index contributed by atoms with van der Waals surface area (Å²) in [4.78, 5) is 28.1. The molecule has 4 aromatic rings. The second-order valence-corrected chi connectivity index (χ2v) is 10.4. The number of halogens is 1. The van der Waals surface area contributed by atoms with Gasteiger partial charge in [0.25, 0.3) is 0 Å². The number of hydrogen-bond donors (Lipinski definition) is 0. The van der Waals surface area contributed by atoms with Crippen molar-refractivity contribution >= 4 is 17.1 Å². The van der Waals surface area contributed by atoms with Gasteiger partial charge in [0.2, 0.25) is 5.88 Å². The molecule has 6 rings (SSSR count). The van der Waals surface area contributed by atoms with Gasteiger partial charge in [-0.05, 0) is 55.7 Å². The summed E-state index contributed by atoms with van der Waals surface area (Å²) in [7, 11) is 1.33. The molecule has 0 amide bonds. The van der Waals surface area contributed by atoms with Gasteiger partial charge in [0.05, 0.1) is 46.4 Å². The molecule has 1 atom stereocenters. The van der Waals surface area contributed by atoms with Gasteiger partial charge in [-0.1, -0.05) is 6.07 Å². The van der Waals surface area contributed by atoms with E-state index in [1.807, 2.05) is 10.6 Å². The molecular formula is C31H31FN6O5. The largest absolute Gasteiger partial charge is 0.484 e. The number of nitrogens with zero attached hydrogens (tertiary/aromatic N) is 6. The van der Waals surface area contributed by atoms with Gasteiger partial charge in [-0.3, -0.25) is 4.90 Å². The van der Waals surface area contributed by atoms with Crippen molar-refractivity contribution in [1.82, 2.24) is 24.4 Å². The summed E-state index contributed by atoms with van der Waals surface area (Å²) in [5.74, 6) is -0.589. The van der Waals surface area contributed by atoms with Crippen molar-refractivity contribution in [3.63, 3.8) is 0 Å². The van der Waals surface area contributed by atoms with Crippen molar-refractivity contribution in [2.75, 3.05) is 26.8 Å². The van der Waals surface area contributed by atoms with Gasteiger partial charge < -0.3 is 23.5 Å². The minimum Gasteiger partial charge on any atom is -0.484 e. The summed E-state index contributed by atoms with van der Waals surface area (Å²) in [6, 6.07) is 13.5. The van der Waals surface area contributed by atoms with E-state index in [0.717, 1.165) is 38.0 Å². The number of nitriles is 1. The van der Waals surface area contributed by atoms with Crippen LogP contribution in [-0.4, -0.2) is 69.4 Å². The van der Waals surface area contributed by atoms with E-state index in [9.17, 15) is 9.18 Å². The van der Waals surface area contributed by atoms with E-state index < -0.39 is 18.3 Å². The third-order valence-electron chi connectivity index (χ3n) is 7.48. The zero-order valence-electron chi connectivity index (χ0n) is 25.5. The van der Waals surface area contributed by atoms with Crippen LogP contribution in [0.5, 0.6) is 11.6 Å². The van der Waals surface area contributed by atoms with Gasteiger partial charge in [-0.25, -0.2) is 24.1 Å². The summed E-state index contributed by atoms with van der Waals surface area (Å²) in [5.41, 5.74) is 1.59. The van der Waals surface area contributed by atoms with E-state index in [-0.39, 0.29) is 40.8 Å². The quantitative estimate of drug-likeness (QED) is 0.251. The van der Waals surface area contributed by atoms with E-state index in [1.165, 1.54) is 25.3 Å². The Balaban J connectivity index is 1.09. The Hall–Kier alpha value is -4.60. The van der Waals surface area contributed by atoms with E-state index >= 15 is 0 Å². The normalized spacial score (nSPS) is 18.3. The molecule has 43 heavy (non-hydrogen) atoms. The molecular weight excluding hydrogens is 555 g/mol. The van der Waals surface area contributed by atoms with Crippen LogP contribution in [-0.2, 0) is 29.1 Å². The summed E-state index contributed by atoms with van der Waals surface area (Å²) in [6.45, 7) is 0.930. The zero-order chi connectivity index (χ0) is 31.6. The highest BCUT2D eigenvalue weighted by atomic mass is 19.1. The number of hydrogen-bond acceptors (Lipinski definition) is 10. The molecule has 0 N–H and O–H groups in total. The Kier molecular flexibility index (Phi) is 7.71. The van der Waals surface area contributed by atoms with Crippen molar-refractivity contribution in [3.8, 4) is 17.7 Å². The Bertz CT molecular complexity index is 1750. The van der Waals surface area contributed by atoms with Gasteiger partial charge in [-0.2, -0.15) is 5.26 Å². The van der Waals surface area contributed by atoms with Crippen LogP contribution in [0.4, 0.5) is 4.39 Å². The highest BCUT2D eigenvalue weighted by Crippen LogP contribution is 2.24. The molecule has 222 valence electrons. The van der Waals surface area contributed by atoms with Crippen LogP contribution in [0.1, 0.15) is 49.6 Å². The summed E-state index contributed by atoms with van der Waals surface area (Å²) >= 11 is 0. The van der Waals surface area contributed by atoms with Crippen LogP contribution < -0.4 is 9.47 Å². The fourth-order valence-electron chi connectivity index (χ4n) is 5.07. The van der Waals surface area contributed by atoms with E-state index in [2.05, 4.69) is 14.9 Å². The molecule has 0 unspecified atom stereocenters. The number of imidazole rings is 1. The summed E-state index contributed by atoms with van der Waals surface area (Å²) < 4.78 is 55.0. The molecule has 0 spiro atoms. The first kappa shape index (κ1) is 26.1. The summed E-state index contributed by atoms with van der Waals surface area (Å²) in [5, 5.41) is 8.94. The average Bonchev–Trinajstić information content (AvgIpc) is 3.36. The maximum absolute atomic E-state index is 14.3. The number of fused-ring (bicyclic) bond motifs is 1. The van der Waals surface area contributed by atoms with Crippen LogP contribution in [0.15, 0.2) is 48.5 Å². The third kappa shape index (κ3) is 6.58. The molecule has 11 nitrogen and oxygen atoms in total. The number of carbonyl (C=O) groups is 1. The van der Waals surface area contributed by atoms with Crippen molar-refractivity contribution in [3.05, 3.63) is 77.1 Å². The Morgan fingerprint density at radius 1 is 1.16 bits per heavy atom. The van der Waals surface area contributed by atoms with Gasteiger partial charge in [0.1, 0.15) is 24.0 Å². The number of carbonyl (C=O) groups excluding carboxylic acids is 1. The lowest BCUT2D eigenvalue weighted by molar-refractivity contribution is -0.0593. The first-order valence-electron chi connectivity index (χ1n) is 15.0. The topological polar surface area (TPSA) is 125 Å². The van der Waals surface area contributed by atoms with Crippen LogP contribution in [0.25, 0.3) is 11.2 Å². The molecule has 2 saturated heterocycles. The number of methoxy groups -OCH3 is 1. The number of likely N-dealkylation sites (tertiary alicyclic amines) is 1. The van der Waals surface area contributed by atoms with Crippen LogP contribution in [0.3, 0.4) is 0 Å². The number of esters is 1. The van der Waals surface area contributed by atoms with Crippen molar-refractivity contribution in [1.29, 1.82) is 5.26 Å². The highest BCUT2D eigenvalue weighted by molar-refractivity contribution is 5.89. The third-order valence-corrected chi connectivity index (χ3v) is 7.48. The second kappa shape index (κ2) is 12.7. The molecule has 12 heteroatoms. The number of rotatable bonds is 10. The molecule has 0 radical (unpaired) electrons. The van der Waals surface area contributed by atoms with Gasteiger partial charge in [-0.15, -0.1) is 0 Å². The number of pyridine rings is 2. The minimum atomic E-state index is -2.44. The molecule has 2 aliphatic rings. The van der Waals surface area contributed by atoms with Crippen molar-refractivity contribution in [2.24, 2.45) is 0 Å². The highest BCUT2D eigenvalue weighted by Gasteiger charge is 2.26. The summed E-state index contributed by atoms with van der Waals surface area (Å²) in [6.07, 6.45) is 2.31. The second-order valence-electron chi connectivity index (χ2n) is 10.4. The lowest BCUT2D eigenvalue weighted by Crippen LogP contribution is -2.39. The molecule has 2 fully saturated rings. The molecule has 2 aliphatic heterocycles. The van der Waals surface area contributed by atoms with Crippen molar-refractivity contribution in [2.45, 2.75) is 51.1 Å². The van der Waals surface area contributed by atoms with Crippen molar-refractivity contribution < 1.29 is 30.9 Å². The van der Waals surface area contributed by atoms with Gasteiger partial charge in [0.15, 0.2) is 22.9 Å². The monoisotopic (exact) mass is 588 g/mol. The number of benzene rings is 1. The Morgan fingerprint density at radius 2 is 2.00 bits per heavy atom. The number of aromatic nitrogens is 4. The lowest BCUT2D eigenvalue weighted by Gasteiger charge is -2.32. The van der Waals surface area contributed by atoms with E-state index in [0.29, 0.717) is 37.1 Å². The van der Waals surface area contributed by atoms with E-state index in [1.54, 1.807) is 24.3 Å². The van der Waals surface area contributed by atoms with Gasteiger partial charge >= 0.3 is 5.97 Å². The van der Waals surface area contributed by atoms with E-state index in [4.69, 9.17) is 31.9 Å². The Labute approximate surface area is 250 Å². The molecule has 5 heterocycles. The SMILES string of the molecule is [2H]C([2H])(Oc1ccc(C#N)cc1F)c1cccc(OC2CCN(Cc3nc4ccc(C(=O)OC)nc4n3C[C@@H]3CCO3)CC2)n1. The fourth-order valence-corrected chi connectivity index (χ4v) is 5.07. The first-order chi connectivity index (χ1) is 21.7. The predicted octanol–water partition coefficient (Wildman–Crippen LogP) is 4.03. The standard InChI is InChI=1S/C31H31FN6O5/c1-40-31(39)26-7-6-25-30(36-26)38(17-23-11-14-41-23)28(35-25)18-37-12-9-22(10-13-37)43-29-4-2-3-21(34-29)19-42-27-8-5-20(16-33)15-24(27)32/h2-8,15,22-23H,9-14,17-19H2,1H3/t23-/m0/s1/i19D2. The molecule has 0 bridgehead atoms. The number of ether oxygens (including phenoxy) is 4. The maximum atomic E-state index is 14.3. The minimum absolute atomic E-state index is 0.0699. The Morgan fingerprint density at radius 3 is 2.72 bits per heavy atom. The predicted molar refractivity (Wildman–Crippen MR) is 152 cm³/mol. The zero-order valence-corrected chi connectivity index (χ0v) is 23.5. The lowest BCUT2D eigenvalue weighted by atomic mass is 10.1. The van der Waals surface area contributed by atoms with Crippen LogP contribution >= 0.6 is 0 Å².